The fourth-order valence-electron chi connectivity index (χ4n) is 4.85. The average Bonchev–Trinajstić information content (AvgIpc) is 3.45. The summed E-state index contributed by atoms with van der Waals surface area (Å²) in [7, 11) is 3.59. The topological polar surface area (TPSA) is 88.8 Å². The lowest BCUT2D eigenvalue weighted by molar-refractivity contribution is -0.128. The number of likely N-dealkylation sites (tertiary alicyclic amines) is 1. The van der Waals surface area contributed by atoms with E-state index in [1.54, 1.807) is 7.11 Å². The van der Waals surface area contributed by atoms with Crippen LogP contribution in [-0.4, -0.2) is 54.5 Å². The standard InChI is InChI=1S/C22H28N4O3S/c1-5-25(3)21-24-17(18(30-21)14-7-6-8-16(11-14)29-4)19(27)26-13(2)22(20(23)28)10-9-15(26)12-22/h6-8,11,13,15H,5,9-10,12H2,1-4H3,(H2,23,28)/t13-,15+,22-/m1/s1. The molecule has 2 N–H and O–H groups in total. The highest BCUT2D eigenvalue weighted by atomic mass is 32.1. The Morgan fingerprint density at radius 1 is 1.43 bits per heavy atom. The molecule has 0 unspecified atom stereocenters. The molecule has 2 aliphatic rings. The van der Waals surface area contributed by atoms with Gasteiger partial charge < -0.3 is 20.3 Å². The Hall–Kier alpha value is -2.61. The van der Waals surface area contributed by atoms with Gasteiger partial charge in [-0.25, -0.2) is 4.98 Å². The fraction of sp³-hybridized carbons (Fsp3) is 0.500. The second-order valence-electron chi connectivity index (χ2n) is 8.23. The van der Waals surface area contributed by atoms with Gasteiger partial charge in [0.2, 0.25) is 5.91 Å². The molecule has 1 aromatic carbocycles. The van der Waals surface area contributed by atoms with Gasteiger partial charge in [-0.3, -0.25) is 9.59 Å². The number of piperidine rings is 1. The second kappa shape index (κ2) is 7.58. The van der Waals surface area contributed by atoms with Gasteiger partial charge in [0.1, 0.15) is 11.4 Å². The Kier molecular flexibility index (Phi) is 5.22. The van der Waals surface area contributed by atoms with Gasteiger partial charge in [-0.1, -0.05) is 23.5 Å². The van der Waals surface area contributed by atoms with E-state index in [2.05, 4.69) is 0 Å². The molecule has 7 nitrogen and oxygen atoms in total. The van der Waals surface area contributed by atoms with E-state index in [0.717, 1.165) is 40.7 Å². The molecule has 160 valence electrons. The smallest absolute Gasteiger partial charge is 0.274 e. The molecule has 30 heavy (non-hydrogen) atoms. The number of carbonyl (C=O) groups excluding carboxylic acids is 2. The number of hydrogen-bond donors (Lipinski definition) is 1. The third-order valence-corrected chi connectivity index (χ3v) is 8.03. The first-order valence-corrected chi connectivity index (χ1v) is 11.1. The minimum absolute atomic E-state index is 0.0345. The number of aromatic nitrogens is 1. The molecule has 4 rings (SSSR count). The molecule has 2 heterocycles. The molecule has 0 radical (unpaired) electrons. The first kappa shape index (κ1) is 20.7. The maximum absolute atomic E-state index is 13.8. The van der Waals surface area contributed by atoms with Crippen molar-refractivity contribution in [3.63, 3.8) is 0 Å². The van der Waals surface area contributed by atoms with Gasteiger partial charge in [-0.05, 0) is 50.8 Å². The van der Waals surface area contributed by atoms with Gasteiger partial charge in [-0.2, -0.15) is 0 Å². The summed E-state index contributed by atoms with van der Waals surface area (Å²) in [6, 6.07) is 7.48. The molecule has 2 aromatic rings. The van der Waals surface area contributed by atoms with Crippen LogP contribution >= 0.6 is 11.3 Å². The highest BCUT2D eigenvalue weighted by molar-refractivity contribution is 7.19. The summed E-state index contributed by atoms with van der Waals surface area (Å²) in [6.45, 7) is 4.77. The van der Waals surface area contributed by atoms with Gasteiger partial charge in [0.05, 0.1) is 17.4 Å². The van der Waals surface area contributed by atoms with Crippen molar-refractivity contribution in [2.24, 2.45) is 11.1 Å². The van der Waals surface area contributed by atoms with E-state index in [-0.39, 0.29) is 23.9 Å². The van der Waals surface area contributed by atoms with Gasteiger partial charge in [-0.15, -0.1) is 0 Å². The molecule has 2 bridgehead atoms. The van der Waals surface area contributed by atoms with E-state index in [1.165, 1.54) is 11.3 Å². The highest BCUT2D eigenvalue weighted by Gasteiger charge is 2.60. The number of thiazole rings is 1. The number of benzene rings is 1. The third-order valence-electron chi connectivity index (χ3n) is 6.81. The Bertz CT molecular complexity index is 991. The molecule has 8 heteroatoms. The number of methoxy groups -OCH3 is 1. The van der Waals surface area contributed by atoms with Crippen LogP contribution in [0.15, 0.2) is 24.3 Å². The number of rotatable bonds is 6. The van der Waals surface area contributed by atoms with E-state index in [4.69, 9.17) is 15.5 Å². The monoisotopic (exact) mass is 428 g/mol. The lowest BCUT2D eigenvalue weighted by atomic mass is 9.80. The zero-order valence-electron chi connectivity index (χ0n) is 17.8. The molecule has 1 saturated heterocycles. The summed E-state index contributed by atoms with van der Waals surface area (Å²) >= 11 is 1.50. The van der Waals surface area contributed by atoms with Gasteiger partial charge in [0.25, 0.3) is 5.91 Å². The second-order valence-corrected chi connectivity index (χ2v) is 9.20. The fourth-order valence-corrected chi connectivity index (χ4v) is 5.93. The molecular formula is C22H28N4O3S. The van der Waals surface area contributed by atoms with Crippen LogP contribution in [0.1, 0.15) is 43.6 Å². The van der Waals surface area contributed by atoms with Crippen LogP contribution in [0.2, 0.25) is 0 Å². The minimum atomic E-state index is -0.616. The number of fused-ring (bicyclic) bond motifs is 2. The Morgan fingerprint density at radius 2 is 2.20 bits per heavy atom. The summed E-state index contributed by atoms with van der Waals surface area (Å²) in [6.07, 6.45) is 2.20. The van der Waals surface area contributed by atoms with Crippen LogP contribution in [-0.2, 0) is 4.79 Å². The van der Waals surface area contributed by atoms with Gasteiger partial charge in [0.15, 0.2) is 5.13 Å². The number of nitrogens with zero attached hydrogens (tertiary/aromatic N) is 3. The van der Waals surface area contributed by atoms with E-state index in [0.29, 0.717) is 12.1 Å². The van der Waals surface area contributed by atoms with Crippen LogP contribution < -0.4 is 15.4 Å². The largest absolute Gasteiger partial charge is 0.497 e. The van der Waals surface area contributed by atoms with E-state index in [1.807, 2.05) is 55.0 Å². The average molecular weight is 429 g/mol. The summed E-state index contributed by atoms with van der Waals surface area (Å²) in [5, 5.41) is 0.792. The van der Waals surface area contributed by atoms with Crippen LogP contribution in [0.25, 0.3) is 10.4 Å². The van der Waals surface area contributed by atoms with Gasteiger partial charge >= 0.3 is 0 Å². The van der Waals surface area contributed by atoms with Crippen molar-refractivity contribution in [2.75, 3.05) is 25.6 Å². The van der Waals surface area contributed by atoms with E-state index < -0.39 is 5.41 Å². The first-order valence-electron chi connectivity index (χ1n) is 10.3. The van der Waals surface area contributed by atoms with Crippen molar-refractivity contribution >= 4 is 28.3 Å². The Balaban J connectivity index is 1.77. The summed E-state index contributed by atoms with van der Waals surface area (Å²) < 4.78 is 5.38. The lowest BCUT2D eigenvalue weighted by Crippen LogP contribution is -2.51. The zero-order valence-corrected chi connectivity index (χ0v) is 18.7. The van der Waals surface area contributed by atoms with Crippen molar-refractivity contribution in [3.05, 3.63) is 30.0 Å². The third kappa shape index (κ3) is 3.05. The zero-order chi connectivity index (χ0) is 21.6. The minimum Gasteiger partial charge on any atom is -0.497 e. The number of nitrogens with two attached hydrogens (primary N) is 1. The quantitative estimate of drug-likeness (QED) is 0.764. The van der Waals surface area contributed by atoms with Crippen LogP contribution in [0.5, 0.6) is 5.75 Å². The highest BCUT2D eigenvalue weighted by Crippen LogP contribution is 2.53. The predicted octanol–water partition coefficient (Wildman–Crippen LogP) is 3.14. The Labute approximate surface area is 180 Å². The van der Waals surface area contributed by atoms with Crippen molar-refractivity contribution in [1.29, 1.82) is 0 Å². The molecule has 1 saturated carbocycles. The molecular weight excluding hydrogens is 400 g/mol. The molecule has 1 aromatic heterocycles. The molecule has 2 fully saturated rings. The van der Waals surface area contributed by atoms with Crippen molar-refractivity contribution < 1.29 is 14.3 Å². The molecule has 0 spiro atoms. The molecule has 1 aliphatic carbocycles. The molecule has 2 amide bonds. The molecule has 1 aliphatic heterocycles. The van der Waals surface area contributed by atoms with Crippen LogP contribution in [0.3, 0.4) is 0 Å². The van der Waals surface area contributed by atoms with Crippen molar-refractivity contribution in [3.8, 4) is 16.2 Å². The van der Waals surface area contributed by atoms with Crippen LogP contribution in [0.4, 0.5) is 5.13 Å². The number of carbonyl (C=O) groups is 2. The maximum atomic E-state index is 13.8. The van der Waals surface area contributed by atoms with E-state index >= 15 is 0 Å². The van der Waals surface area contributed by atoms with Crippen LogP contribution in [0, 0.1) is 5.41 Å². The number of amides is 2. The SMILES string of the molecule is CCN(C)c1nc(C(=O)N2[C@H]3CC[C@@](C(N)=O)(C3)[C@H]2C)c(-c2cccc(OC)c2)s1. The van der Waals surface area contributed by atoms with Crippen molar-refractivity contribution in [2.45, 2.75) is 45.2 Å². The molecule has 3 atom stereocenters. The predicted molar refractivity (Wildman–Crippen MR) is 118 cm³/mol. The van der Waals surface area contributed by atoms with E-state index in [9.17, 15) is 9.59 Å². The summed E-state index contributed by atoms with van der Waals surface area (Å²) in [5.74, 6) is 0.302. The summed E-state index contributed by atoms with van der Waals surface area (Å²) in [4.78, 5) is 35.4. The van der Waals surface area contributed by atoms with Gasteiger partial charge in [0, 0.05) is 25.7 Å². The first-order chi connectivity index (χ1) is 14.3. The number of primary amides is 1. The Morgan fingerprint density at radius 3 is 2.83 bits per heavy atom. The van der Waals surface area contributed by atoms with Crippen molar-refractivity contribution in [1.82, 2.24) is 9.88 Å². The normalized spacial score (nSPS) is 24.9. The maximum Gasteiger partial charge on any atom is 0.274 e. The summed E-state index contributed by atoms with van der Waals surface area (Å²) in [5.41, 5.74) is 6.48. The number of ether oxygens (including phenoxy) is 1. The lowest BCUT2D eigenvalue weighted by Gasteiger charge is -2.37. The number of anilines is 1. The number of hydrogen-bond acceptors (Lipinski definition) is 6.